The molecule has 8 heteroatoms. The number of nitrogens with zero attached hydrogens (tertiary/aromatic N) is 2. The van der Waals surface area contributed by atoms with Gasteiger partial charge in [-0.05, 0) is 89.4 Å². The van der Waals surface area contributed by atoms with E-state index in [0.717, 1.165) is 44.1 Å². The Labute approximate surface area is 195 Å². The summed E-state index contributed by atoms with van der Waals surface area (Å²) in [5.74, 6) is 2.92. The number of nitrogens with one attached hydrogen (secondary N) is 5. The van der Waals surface area contributed by atoms with E-state index < -0.39 is 0 Å². The molecule has 0 aromatic heterocycles. The minimum Gasteiger partial charge on any atom is -0.329 e. The number of fused-ring (bicyclic) bond motifs is 1. The van der Waals surface area contributed by atoms with Gasteiger partial charge in [-0.1, -0.05) is 6.42 Å². The SMILES string of the molecule is CN(CCN)CC1CCCC(C2NC(NCC3CCNCC3)C3CNN(C4CC4)C3N2)C1. The first-order valence-corrected chi connectivity index (χ1v) is 13.6. The van der Waals surface area contributed by atoms with Gasteiger partial charge in [0.15, 0.2) is 0 Å². The second kappa shape index (κ2) is 11.0. The summed E-state index contributed by atoms with van der Waals surface area (Å²) in [6.07, 6.45) is 12.0. The largest absolute Gasteiger partial charge is 0.329 e. The van der Waals surface area contributed by atoms with E-state index in [1.54, 1.807) is 0 Å². The van der Waals surface area contributed by atoms with Crippen LogP contribution < -0.4 is 32.4 Å². The van der Waals surface area contributed by atoms with Gasteiger partial charge in [0.1, 0.15) is 0 Å². The molecule has 5 fully saturated rings. The second-order valence-corrected chi connectivity index (χ2v) is 11.3. The van der Waals surface area contributed by atoms with Gasteiger partial charge in [-0.15, -0.1) is 0 Å². The molecule has 0 aromatic carbocycles. The van der Waals surface area contributed by atoms with Crippen molar-refractivity contribution in [3.05, 3.63) is 0 Å². The molecular weight excluding hydrogens is 400 g/mol. The maximum atomic E-state index is 5.79. The fourth-order valence-electron chi connectivity index (χ4n) is 6.80. The van der Waals surface area contributed by atoms with Gasteiger partial charge < -0.3 is 21.3 Å². The number of hydrogen-bond donors (Lipinski definition) is 6. The van der Waals surface area contributed by atoms with Crippen LogP contribution in [0.4, 0.5) is 0 Å². The number of piperidine rings is 1. The Bertz CT molecular complexity index is 580. The van der Waals surface area contributed by atoms with Crippen LogP contribution in [0.1, 0.15) is 51.4 Å². The lowest BCUT2D eigenvalue weighted by molar-refractivity contribution is 0.0312. The van der Waals surface area contributed by atoms with Crippen LogP contribution >= 0.6 is 0 Å². The van der Waals surface area contributed by atoms with Crippen LogP contribution in [0.25, 0.3) is 0 Å². The molecule has 2 saturated carbocycles. The van der Waals surface area contributed by atoms with Gasteiger partial charge in [0, 0.05) is 38.1 Å². The maximum absolute atomic E-state index is 5.79. The number of likely N-dealkylation sites (N-methyl/N-ethyl adjacent to an activating group) is 1. The zero-order chi connectivity index (χ0) is 21.9. The predicted molar refractivity (Wildman–Crippen MR) is 130 cm³/mol. The van der Waals surface area contributed by atoms with E-state index in [1.165, 1.54) is 71.0 Å². The van der Waals surface area contributed by atoms with Crippen LogP contribution in [0.2, 0.25) is 0 Å². The van der Waals surface area contributed by atoms with Gasteiger partial charge in [-0.25, -0.2) is 5.01 Å². The van der Waals surface area contributed by atoms with Gasteiger partial charge in [-0.2, -0.15) is 0 Å². The van der Waals surface area contributed by atoms with E-state index in [9.17, 15) is 0 Å². The first-order chi connectivity index (χ1) is 15.7. The van der Waals surface area contributed by atoms with E-state index in [2.05, 4.69) is 43.6 Å². The van der Waals surface area contributed by atoms with Gasteiger partial charge >= 0.3 is 0 Å². The quantitative estimate of drug-likeness (QED) is 0.295. The van der Waals surface area contributed by atoms with Crippen molar-refractivity contribution in [3.63, 3.8) is 0 Å². The van der Waals surface area contributed by atoms with Crippen molar-refractivity contribution in [1.29, 1.82) is 0 Å². The van der Waals surface area contributed by atoms with Crippen molar-refractivity contribution in [2.75, 3.05) is 52.9 Å². The summed E-state index contributed by atoms with van der Waals surface area (Å²) in [4.78, 5) is 2.43. The molecule has 5 aliphatic rings. The first-order valence-electron chi connectivity index (χ1n) is 13.6. The highest BCUT2D eigenvalue weighted by atomic mass is 15.6. The van der Waals surface area contributed by atoms with Crippen LogP contribution in [0.15, 0.2) is 0 Å². The summed E-state index contributed by atoms with van der Waals surface area (Å²) in [5.41, 5.74) is 9.55. The standard InChI is InChI=1S/C24H48N8/c1-31(12-9-25)16-18-3-2-4-19(13-18)22-29-23(27-14-17-7-10-26-11-8-17)21-15-28-32(20-5-6-20)24(21)30-22/h17-24,26-30H,2-16,25H2,1H3. The molecular formula is C24H48N8. The van der Waals surface area contributed by atoms with Crippen molar-refractivity contribution in [2.24, 2.45) is 29.4 Å². The fraction of sp³-hybridized carbons (Fsp3) is 1.00. The summed E-state index contributed by atoms with van der Waals surface area (Å²) in [6, 6.07) is 0.741. The van der Waals surface area contributed by atoms with Crippen LogP contribution in [-0.2, 0) is 0 Å². The predicted octanol–water partition coefficient (Wildman–Crippen LogP) is 0.0424. The Morgan fingerprint density at radius 1 is 1.03 bits per heavy atom. The highest BCUT2D eigenvalue weighted by Crippen LogP contribution is 2.36. The molecule has 0 spiro atoms. The van der Waals surface area contributed by atoms with Crippen molar-refractivity contribution in [1.82, 2.24) is 36.6 Å². The molecule has 2 aliphatic carbocycles. The van der Waals surface area contributed by atoms with Crippen molar-refractivity contribution in [2.45, 2.75) is 75.9 Å². The van der Waals surface area contributed by atoms with E-state index in [0.29, 0.717) is 30.3 Å². The molecule has 0 radical (unpaired) electrons. The highest BCUT2D eigenvalue weighted by Gasteiger charge is 2.49. The Morgan fingerprint density at radius 3 is 2.66 bits per heavy atom. The molecule has 184 valence electrons. The third kappa shape index (κ3) is 5.66. The number of hydrazine groups is 1. The molecule has 6 unspecified atom stereocenters. The van der Waals surface area contributed by atoms with E-state index in [-0.39, 0.29) is 0 Å². The summed E-state index contributed by atoms with van der Waals surface area (Å²) < 4.78 is 0. The molecule has 3 heterocycles. The molecule has 7 N–H and O–H groups in total. The molecule has 8 nitrogen and oxygen atoms in total. The van der Waals surface area contributed by atoms with Crippen LogP contribution in [0.5, 0.6) is 0 Å². The van der Waals surface area contributed by atoms with Crippen LogP contribution in [0, 0.1) is 23.7 Å². The first kappa shape index (κ1) is 23.4. The van der Waals surface area contributed by atoms with Gasteiger partial charge in [0.25, 0.3) is 0 Å². The number of hydrogen-bond acceptors (Lipinski definition) is 8. The molecule has 0 aromatic rings. The zero-order valence-corrected chi connectivity index (χ0v) is 20.2. The molecule has 0 amide bonds. The smallest absolute Gasteiger partial charge is 0.0817 e. The summed E-state index contributed by atoms with van der Waals surface area (Å²) in [7, 11) is 2.23. The summed E-state index contributed by atoms with van der Waals surface area (Å²) in [6.45, 7) is 7.55. The zero-order valence-electron chi connectivity index (χ0n) is 20.2. The van der Waals surface area contributed by atoms with Crippen LogP contribution in [0.3, 0.4) is 0 Å². The lowest BCUT2D eigenvalue weighted by Gasteiger charge is -2.47. The number of rotatable bonds is 9. The Morgan fingerprint density at radius 2 is 1.88 bits per heavy atom. The third-order valence-corrected chi connectivity index (χ3v) is 8.75. The molecule has 3 aliphatic heterocycles. The average molecular weight is 449 g/mol. The van der Waals surface area contributed by atoms with Gasteiger partial charge in [0.2, 0.25) is 0 Å². The van der Waals surface area contributed by atoms with E-state index in [4.69, 9.17) is 5.73 Å². The molecule has 3 saturated heterocycles. The lowest BCUT2D eigenvalue weighted by atomic mass is 9.78. The third-order valence-electron chi connectivity index (χ3n) is 8.75. The second-order valence-electron chi connectivity index (χ2n) is 11.3. The highest BCUT2D eigenvalue weighted by molar-refractivity contribution is 5.02. The molecule has 5 rings (SSSR count). The molecule has 32 heavy (non-hydrogen) atoms. The minimum absolute atomic E-state index is 0.401. The van der Waals surface area contributed by atoms with Crippen molar-refractivity contribution < 1.29 is 0 Å². The Balaban J connectivity index is 1.22. The van der Waals surface area contributed by atoms with E-state index >= 15 is 0 Å². The summed E-state index contributed by atoms with van der Waals surface area (Å²) in [5, 5.41) is 18.3. The normalized spacial score (nSPS) is 39.5. The topological polar surface area (TPSA) is 92.6 Å². The van der Waals surface area contributed by atoms with Crippen molar-refractivity contribution >= 4 is 0 Å². The molecule has 0 bridgehead atoms. The lowest BCUT2D eigenvalue weighted by Crippen LogP contribution is -2.71. The van der Waals surface area contributed by atoms with Gasteiger partial charge in [0.05, 0.1) is 18.5 Å². The Kier molecular flexibility index (Phi) is 8.02. The fourth-order valence-corrected chi connectivity index (χ4v) is 6.80. The monoisotopic (exact) mass is 448 g/mol. The minimum atomic E-state index is 0.401. The Hall–Kier alpha value is -0.320. The maximum Gasteiger partial charge on any atom is 0.0817 e. The number of nitrogens with two attached hydrogens (primary N) is 1. The van der Waals surface area contributed by atoms with Gasteiger partial charge in [-0.3, -0.25) is 16.1 Å². The van der Waals surface area contributed by atoms with Crippen LogP contribution in [-0.4, -0.2) is 87.3 Å². The molecule has 6 atom stereocenters. The van der Waals surface area contributed by atoms with E-state index in [1.807, 2.05) is 0 Å². The summed E-state index contributed by atoms with van der Waals surface area (Å²) >= 11 is 0. The average Bonchev–Trinajstić information content (AvgIpc) is 3.57. The van der Waals surface area contributed by atoms with Crippen molar-refractivity contribution in [3.8, 4) is 0 Å².